The van der Waals surface area contributed by atoms with E-state index in [1.807, 2.05) is 23.6 Å². The van der Waals surface area contributed by atoms with Crippen LogP contribution in [0.5, 0.6) is 0 Å². The molecule has 160 valence electrons. The smallest absolute Gasteiger partial charge is 0.309 e. The fourth-order valence-electron chi connectivity index (χ4n) is 3.85. The first-order valence-electron chi connectivity index (χ1n) is 10.3. The molecule has 3 aromatic rings. The lowest BCUT2D eigenvalue weighted by molar-refractivity contribution is -0.139. The highest BCUT2D eigenvalue weighted by atomic mass is 32.1. The molecule has 0 bridgehead atoms. The fraction of sp³-hybridized carbons (Fsp3) is 0.250. The molecule has 2 N–H and O–H groups in total. The zero-order valence-corrected chi connectivity index (χ0v) is 17.8. The van der Waals surface area contributed by atoms with Crippen molar-refractivity contribution in [2.75, 3.05) is 24.5 Å². The number of hydrogen-bond donors (Lipinski definition) is 2. The summed E-state index contributed by atoms with van der Waals surface area (Å²) in [6.45, 7) is 1.53. The van der Waals surface area contributed by atoms with Crippen molar-refractivity contribution in [3.63, 3.8) is 0 Å². The molecule has 1 aromatic heterocycles. The lowest BCUT2D eigenvalue weighted by Gasteiger charge is -2.30. The third-order valence-electron chi connectivity index (χ3n) is 5.45. The number of amides is 2. The lowest BCUT2D eigenvalue weighted by atomic mass is 10.1. The summed E-state index contributed by atoms with van der Waals surface area (Å²) in [5, 5.41) is 7.45. The number of fused-ring (bicyclic) bond motifs is 1. The Balaban J connectivity index is 1.33. The quantitative estimate of drug-likeness (QED) is 0.557. The topological polar surface area (TPSA) is 61.4 Å². The average molecular weight is 438 g/mol. The summed E-state index contributed by atoms with van der Waals surface area (Å²) in [6, 6.07) is 18.4. The van der Waals surface area contributed by atoms with Gasteiger partial charge in [-0.1, -0.05) is 36.4 Å². The van der Waals surface area contributed by atoms with Crippen molar-refractivity contribution in [2.45, 2.75) is 18.9 Å². The molecule has 0 fully saturated rings. The SMILES string of the molecule is O=C(NCCc1ccc(F)cc1)C(=O)NCC(c1cccs1)N1CCc2ccccc21. The Morgan fingerprint density at radius 2 is 1.77 bits per heavy atom. The van der Waals surface area contributed by atoms with Gasteiger partial charge in [-0.2, -0.15) is 0 Å². The molecule has 4 rings (SSSR count). The van der Waals surface area contributed by atoms with E-state index in [2.05, 4.69) is 33.7 Å². The molecule has 0 saturated heterocycles. The predicted molar refractivity (Wildman–Crippen MR) is 121 cm³/mol. The molecule has 0 saturated carbocycles. The summed E-state index contributed by atoms with van der Waals surface area (Å²) in [7, 11) is 0. The van der Waals surface area contributed by atoms with Crippen molar-refractivity contribution in [3.05, 3.63) is 87.9 Å². The molecule has 2 amide bonds. The second-order valence-corrected chi connectivity index (χ2v) is 8.42. The average Bonchev–Trinajstić information content (AvgIpc) is 3.46. The Bertz CT molecular complexity index is 1040. The number of nitrogens with one attached hydrogen (secondary N) is 2. The van der Waals surface area contributed by atoms with E-state index in [4.69, 9.17) is 0 Å². The standard InChI is InChI=1S/C24H24FN3O2S/c25-19-9-7-17(8-10-19)11-13-26-23(29)24(30)27-16-21(22-6-3-15-31-22)28-14-12-18-4-1-2-5-20(18)28/h1-10,15,21H,11-14,16H2,(H,26,29)(H,27,30). The van der Waals surface area contributed by atoms with Crippen LogP contribution in [0.4, 0.5) is 10.1 Å². The highest BCUT2D eigenvalue weighted by Gasteiger charge is 2.28. The van der Waals surface area contributed by atoms with Crippen LogP contribution < -0.4 is 15.5 Å². The Kier molecular flexibility index (Phi) is 6.62. The van der Waals surface area contributed by atoms with Crippen LogP contribution >= 0.6 is 11.3 Å². The van der Waals surface area contributed by atoms with Crippen LogP contribution in [0.1, 0.15) is 22.0 Å². The largest absolute Gasteiger partial charge is 0.361 e. The maximum absolute atomic E-state index is 13.0. The van der Waals surface area contributed by atoms with Crippen molar-refractivity contribution in [3.8, 4) is 0 Å². The van der Waals surface area contributed by atoms with E-state index < -0.39 is 11.8 Å². The van der Waals surface area contributed by atoms with Gasteiger partial charge in [0.05, 0.1) is 6.04 Å². The number of carbonyl (C=O) groups is 2. The first-order chi connectivity index (χ1) is 15.1. The monoisotopic (exact) mass is 437 g/mol. The van der Waals surface area contributed by atoms with Crippen molar-refractivity contribution in [1.82, 2.24) is 10.6 Å². The van der Waals surface area contributed by atoms with Gasteiger partial charge in [-0.05, 0) is 53.6 Å². The van der Waals surface area contributed by atoms with Gasteiger partial charge < -0.3 is 15.5 Å². The van der Waals surface area contributed by atoms with Crippen molar-refractivity contribution in [2.24, 2.45) is 0 Å². The molecule has 7 heteroatoms. The molecule has 1 atom stereocenters. The second kappa shape index (κ2) is 9.75. The van der Waals surface area contributed by atoms with E-state index in [0.29, 0.717) is 19.5 Å². The summed E-state index contributed by atoms with van der Waals surface area (Å²) >= 11 is 1.64. The van der Waals surface area contributed by atoms with Gasteiger partial charge >= 0.3 is 11.8 Å². The molecular formula is C24H24FN3O2S. The zero-order valence-electron chi connectivity index (χ0n) is 17.0. The van der Waals surface area contributed by atoms with E-state index in [0.717, 1.165) is 23.4 Å². The normalized spacial score (nSPS) is 13.5. The van der Waals surface area contributed by atoms with Gasteiger partial charge in [0, 0.05) is 30.2 Å². The Hall–Kier alpha value is -3.19. The van der Waals surface area contributed by atoms with Crippen LogP contribution in [0.15, 0.2) is 66.0 Å². The minimum Gasteiger partial charge on any atom is -0.361 e. The number of thiophene rings is 1. The maximum atomic E-state index is 13.0. The molecule has 1 aliphatic rings. The number of nitrogens with zero attached hydrogens (tertiary/aromatic N) is 1. The van der Waals surface area contributed by atoms with Gasteiger partial charge in [0.1, 0.15) is 5.82 Å². The summed E-state index contributed by atoms with van der Waals surface area (Å²) in [5.41, 5.74) is 3.38. The fourth-order valence-corrected chi connectivity index (χ4v) is 4.69. The van der Waals surface area contributed by atoms with E-state index in [9.17, 15) is 14.0 Å². The van der Waals surface area contributed by atoms with Crippen molar-refractivity contribution < 1.29 is 14.0 Å². The molecule has 1 unspecified atom stereocenters. The molecule has 1 aliphatic heterocycles. The molecule has 2 aromatic carbocycles. The third-order valence-corrected chi connectivity index (χ3v) is 6.42. The summed E-state index contributed by atoms with van der Waals surface area (Å²) in [6.07, 6.45) is 1.50. The molecule has 31 heavy (non-hydrogen) atoms. The molecule has 0 aliphatic carbocycles. The number of hydrogen-bond acceptors (Lipinski definition) is 4. The maximum Gasteiger partial charge on any atom is 0.309 e. The van der Waals surface area contributed by atoms with Gasteiger partial charge in [0.25, 0.3) is 0 Å². The van der Waals surface area contributed by atoms with Gasteiger partial charge in [-0.3, -0.25) is 9.59 Å². The number of para-hydroxylation sites is 1. The van der Waals surface area contributed by atoms with Crippen LogP contribution in [0, 0.1) is 5.82 Å². The number of anilines is 1. The van der Waals surface area contributed by atoms with E-state index >= 15 is 0 Å². The summed E-state index contributed by atoms with van der Waals surface area (Å²) < 4.78 is 13.0. The number of halogens is 1. The second-order valence-electron chi connectivity index (χ2n) is 7.45. The number of rotatable bonds is 7. The van der Waals surface area contributed by atoms with E-state index in [1.54, 1.807) is 23.5 Å². The first-order valence-corrected chi connectivity index (χ1v) is 11.2. The van der Waals surface area contributed by atoms with Crippen LogP contribution in [0.25, 0.3) is 0 Å². The molecule has 2 heterocycles. The first kappa shape index (κ1) is 21.1. The van der Waals surface area contributed by atoms with Gasteiger partial charge in [0.2, 0.25) is 0 Å². The van der Waals surface area contributed by atoms with Gasteiger partial charge in [0.15, 0.2) is 0 Å². The lowest BCUT2D eigenvalue weighted by Crippen LogP contribution is -2.44. The highest BCUT2D eigenvalue weighted by molar-refractivity contribution is 7.10. The molecule has 5 nitrogen and oxygen atoms in total. The van der Waals surface area contributed by atoms with Crippen molar-refractivity contribution >= 4 is 28.8 Å². The third kappa shape index (κ3) is 5.11. The van der Waals surface area contributed by atoms with Crippen LogP contribution in [0.2, 0.25) is 0 Å². The number of carbonyl (C=O) groups excluding carboxylic acids is 2. The van der Waals surface area contributed by atoms with E-state index in [1.165, 1.54) is 23.4 Å². The predicted octanol–water partition coefficient (Wildman–Crippen LogP) is 3.47. The Morgan fingerprint density at radius 1 is 1.00 bits per heavy atom. The van der Waals surface area contributed by atoms with Crippen LogP contribution in [-0.2, 0) is 22.4 Å². The van der Waals surface area contributed by atoms with Crippen LogP contribution in [-0.4, -0.2) is 31.4 Å². The minimum absolute atomic E-state index is 0.0281. The minimum atomic E-state index is -0.658. The highest BCUT2D eigenvalue weighted by Crippen LogP contribution is 2.36. The Labute approximate surface area is 184 Å². The summed E-state index contributed by atoms with van der Waals surface area (Å²) in [4.78, 5) is 28.0. The van der Waals surface area contributed by atoms with Crippen LogP contribution in [0.3, 0.4) is 0 Å². The van der Waals surface area contributed by atoms with E-state index in [-0.39, 0.29) is 11.9 Å². The van der Waals surface area contributed by atoms with Crippen molar-refractivity contribution in [1.29, 1.82) is 0 Å². The zero-order chi connectivity index (χ0) is 21.6. The molecule has 0 radical (unpaired) electrons. The Morgan fingerprint density at radius 3 is 2.55 bits per heavy atom. The van der Waals surface area contributed by atoms with Gasteiger partial charge in [-0.15, -0.1) is 11.3 Å². The summed E-state index contributed by atoms with van der Waals surface area (Å²) in [5.74, 6) is -1.60. The number of benzene rings is 2. The molecular weight excluding hydrogens is 413 g/mol. The molecule has 0 spiro atoms. The van der Waals surface area contributed by atoms with Gasteiger partial charge in [-0.25, -0.2) is 4.39 Å².